The molecule has 1 fully saturated rings. The fourth-order valence-corrected chi connectivity index (χ4v) is 2.66. The van der Waals surface area contributed by atoms with E-state index in [0.29, 0.717) is 18.3 Å². The van der Waals surface area contributed by atoms with Crippen LogP contribution in [0.5, 0.6) is 0 Å². The van der Waals surface area contributed by atoms with Gasteiger partial charge < -0.3 is 9.32 Å². The molecule has 0 N–H and O–H groups in total. The smallest absolute Gasteiger partial charge is 0.230 e. The van der Waals surface area contributed by atoms with Crippen molar-refractivity contribution in [3.63, 3.8) is 0 Å². The highest BCUT2D eigenvalue weighted by atomic mass is 16.4. The van der Waals surface area contributed by atoms with Crippen molar-refractivity contribution in [3.8, 4) is 0 Å². The Morgan fingerprint density at radius 2 is 1.83 bits per heavy atom. The Kier molecular flexibility index (Phi) is 4.30. The molecule has 2 aromatic rings. The van der Waals surface area contributed by atoms with Gasteiger partial charge in [0.1, 0.15) is 12.1 Å². The minimum Gasteiger partial charge on any atom is -0.424 e. The molecule has 1 aliphatic heterocycles. The van der Waals surface area contributed by atoms with Gasteiger partial charge in [0.05, 0.1) is 12.2 Å². The summed E-state index contributed by atoms with van der Waals surface area (Å²) >= 11 is 0. The monoisotopic (exact) mass is 316 g/mol. The van der Waals surface area contributed by atoms with Gasteiger partial charge >= 0.3 is 0 Å². The number of rotatable bonds is 3. The van der Waals surface area contributed by atoms with E-state index in [1.807, 2.05) is 6.92 Å². The Balaban J connectivity index is 1.60. The third kappa shape index (κ3) is 3.85. The summed E-state index contributed by atoms with van der Waals surface area (Å²) < 4.78 is 5.45. The lowest BCUT2D eigenvalue weighted by atomic mass is 9.92. The molecule has 7 nitrogen and oxygen atoms in total. The van der Waals surface area contributed by atoms with Gasteiger partial charge in [-0.3, -0.25) is 4.90 Å². The molecular formula is C16H24N6O. The van der Waals surface area contributed by atoms with E-state index in [1.54, 1.807) is 6.33 Å². The zero-order valence-electron chi connectivity index (χ0n) is 14.3. The van der Waals surface area contributed by atoms with Crippen LogP contribution < -0.4 is 4.90 Å². The molecule has 0 radical (unpaired) electrons. The molecule has 0 unspecified atom stereocenters. The van der Waals surface area contributed by atoms with E-state index in [-0.39, 0.29) is 5.41 Å². The molecule has 0 bridgehead atoms. The van der Waals surface area contributed by atoms with Gasteiger partial charge in [0.2, 0.25) is 11.8 Å². The Hall–Kier alpha value is -2.02. The number of aromatic nitrogens is 4. The Morgan fingerprint density at radius 1 is 1.09 bits per heavy atom. The Bertz CT molecular complexity index is 655. The molecule has 7 heteroatoms. The van der Waals surface area contributed by atoms with Crippen LogP contribution in [0.1, 0.15) is 38.2 Å². The number of anilines is 1. The van der Waals surface area contributed by atoms with Crippen molar-refractivity contribution >= 4 is 5.82 Å². The SMILES string of the molecule is Cc1nnc(CN2CCN(c3cc(C(C)(C)C)ncn3)CC2)o1. The van der Waals surface area contributed by atoms with Gasteiger partial charge in [-0.05, 0) is 0 Å². The summed E-state index contributed by atoms with van der Waals surface area (Å²) in [6.45, 7) is 12.8. The molecule has 124 valence electrons. The maximum absolute atomic E-state index is 5.45. The van der Waals surface area contributed by atoms with Crippen molar-refractivity contribution in [2.75, 3.05) is 31.1 Å². The second-order valence-electron chi connectivity index (χ2n) is 6.99. The van der Waals surface area contributed by atoms with E-state index in [1.165, 1.54) is 0 Å². The number of hydrogen-bond donors (Lipinski definition) is 0. The van der Waals surface area contributed by atoms with Crippen LogP contribution in [0, 0.1) is 6.92 Å². The van der Waals surface area contributed by atoms with Gasteiger partial charge in [0.25, 0.3) is 0 Å². The summed E-state index contributed by atoms with van der Waals surface area (Å²) in [6.07, 6.45) is 1.67. The van der Waals surface area contributed by atoms with Gasteiger partial charge in [0.15, 0.2) is 0 Å². The van der Waals surface area contributed by atoms with E-state index < -0.39 is 0 Å². The van der Waals surface area contributed by atoms with E-state index in [0.717, 1.165) is 37.7 Å². The lowest BCUT2D eigenvalue weighted by molar-refractivity contribution is 0.224. The maximum Gasteiger partial charge on any atom is 0.230 e. The van der Waals surface area contributed by atoms with Gasteiger partial charge in [-0.1, -0.05) is 20.8 Å². The average molecular weight is 316 g/mol. The van der Waals surface area contributed by atoms with Crippen molar-refractivity contribution in [2.45, 2.75) is 39.7 Å². The summed E-state index contributed by atoms with van der Waals surface area (Å²) in [4.78, 5) is 13.5. The van der Waals surface area contributed by atoms with Gasteiger partial charge in [-0.15, -0.1) is 10.2 Å². The summed E-state index contributed by atoms with van der Waals surface area (Å²) in [5.74, 6) is 2.32. The summed E-state index contributed by atoms with van der Waals surface area (Å²) in [6, 6.07) is 2.11. The van der Waals surface area contributed by atoms with Gasteiger partial charge in [-0.25, -0.2) is 9.97 Å². The van der Waals surface area contributed by atoms with Gasteiger partial charge in [-0.2, -0.15) is 0 Å². The van der Waals surface area contributed by atoms with Crippen molar-refractivity contribution in [1.29, 1.82) is 0 Å². The van der Waals surface area contributed by atoms with E-state index in [4.69, 9.17) is 4.42 Å². The highest BCUT2D eigenvalue weighted by Gasteiger charge is 2.22. The molecule has 0 aromatic carbocycles. The van der Waals surface area contributed by atoms with Crippen LogP contribution in [0.15, 0.2) is 16.8 Å². The standard InChI is InChI=1S/C16H24N6O/c1-12-19-20-15(23-12)10-21-5-7-22(8-6-21)14-9-13(16(2,3)4)17-11-18-14/h9,11H,5-8,10H2,1-4H3. The van der Waals surface area contributed by atoms with E-state index >= 15 is 0 Å². The van der Waals surface area contributed by atoms with Crippen molar-refractivity contribution < 1.29 is 4.42 Å². The summed E-state index contributed by atoms with van der Waals surface area (Å²) in [7, 11) is 0. The molecule has 0 aliphatic carbocycles. The second kappa shape index (κ2) is 6.23. The third-order valence-electron chi connectivity index (χ3n) is 4.04. The largest absolute Gasteiger partial charge is 0.424 e. The summed E-state index contributed by atoms with van der Waals surface area (Å²) in [5, 5.41) is 7.94. The molecule has 1 aliphatic rings. The number of piperazine rings is 1. The first-order valence-corrected chi connectivity index (χ1v) is 8.00. The van der Waals surface area contributed by atoms with Crippen LogP contribution in [0.4, 0.5) is 5.82 Å². The van der Waals surface area contributed by atoms with E-state index in [2.05, 4.69) is 56.8 Å². The average Bonchev–Trinajstić information content (AvgIpc) is 2.92. The lowest BCUT2D eigenvalue weighted by Crippen LogP contribution is -2.46. The first kappa shape index (κ1) is 15.9. The normalized spacial score (nSPS) is 16.8. The molecule has 1 saturated heterocycles. The van der Waals surface area contributed by atoms with Crippen molar-refractivity contribution in [3.05, 3.63) is 29.9 Å². The number of aryl methyl sites for hydroxylation is 1. The van der Waals surface area contributed by atoms with E-state index in [9.17, 15) is 0 Å². The predicted molar refractivity (Wildman–Crippen MR) is 87.3 cm³/mol. The van der Waals surface area contributed by atoms with Crippen molar-refractivity contribution in [1.82, 2.24) is 25.1 Å². The molecule has 0 spiro atoms. The molecule has 3 rings (SSSR count). The molecule has 0 saturated carbocycles. The lowest BCUT2D eigenvalue weighted by Gasteiger charge is -2.35. The van der Waals surface area contributed by atoms with Crippen LogP contribution in [0.25, 0.3) is 0 Å². The van der Waals surface area contributed by atoms with Crippen LogP contribution in [0.3, 0.4) is 0 Å². The van der Waals surface area contributed by atoms with Crippen LogP contribution in [-0.4, -0.2) is 51.2 Å². The molecule has 2 aromatic heterocycles. The Morgan fingerprint density at radius 3 is 2.43 bits per heavy atom. The molecule has 23 heavy (non-hydrogen) atoms. The number of nitrogens with zero attached hydrogens (tertiary/aromatic N) is 6. The van der Waals surface area contributed by atoms with Crippen LogP contribution in [0.2, 0.25) is 0 Å². The minimum absolute atomic E-state index is 0.0370. The third-order valence-corrected chi connectivity index (χ3v) is 4.04. The molecule has 0 amide bonds. The molecule has 0 atom stereocenters. The first-order valence-electron chi connectivity index (χ1n) is 8.00. The summed E-state index contributed by atoms with van der Waals surface area (Å²) in [5.41, 5.74) is 1.11. The zero-order valence-corrected chi connectivity index (χ0v) is 14.3. The minimum atomic E-state index is 0.0370. The molecule has 3 heterocycles. The first-order chi connectivity index (χ1) is 10.9. The fourth-order valence-electron chi connectivity index (χ4n) is 2.66. The fraction of sp³-hybridized carbons (Fsp3) is 0.625. The zero-order chi connectivity index (χ0) is 16.4. The quantitative estimate of drug-likeness (QED) is 0.855. The van der Waals surface area contributed by atoms with Gasteiger partial charge in [0, 0.05) is 44.6 Å². The topological polar surface area (TPSA) is 71.2 Å². The second-order valence-corrected chi connectivity index (χ2v) is 6.99. The highest BCUT2D eigenvalue weighted by Crippen LogP contribution is 2.23. The van der Waals surface area contributed by atoms with Crippen molar-refractivity contribution in [2.24, 2.45) is 0 Å². The van der Waals surface area contributed by atoms with Crippen LogP contribution >= 0.6 is 0 Å². The van der Waals surface area contributed by atoms with Crippen LogP contribution in [-0.2, 0) is 12.0 Å². The number of hydrogen-bond acceptors (Lipinski definition) is 7. The molecular weight excluding hydrogens is 292 g/mol. The predicted octanol–water partition coefficient (Wildman–Crippen LogP) is 1.79. The highest BCUT2D eigenvalue weighted by molar-refractivity contribution is 5.40. The maximum atomic E-state index is 5.45. The Labute approximate surface area is 136 Å².